The molecular formula is C14H20ClN3O. The maximum Gasteiger partial charge on any atom is 0.135 e. The Kier molecular flexibility index (Phi) is 3.63. The first kappa shape index (κ1) is 13.1. The van der Waals surface area contributed by atoms with Crippen LogP contribution in [0.3, 0.4) is 0 Å². The van der Waals surface area contributed by atoms with Crippen molar-refractivity contribution in [3.63, 3.8) is 0 Å². The maximum atomic E-state index is 10.5. The van der Waals surface area contributed by atoms with E-state index in [2.05, 4.69) is 15.3 Å². The highest BCUT2D eigenvalue weighted by molar-refractivity contribution is 6.29. The van der Waals surface area contributed by atoms with Gasteiger partial charge in [0.05, 0.1) is 5.60 Å². The van der Waals surface area contributed by atoms with Crippen LogP contribution in [0.15, 0.2) is 6.07 Å². The van der Waals surface area contributed by atoms with Gasteiger partial charge in [-0.05, 0) is 25.7 Å². The number of aromatic nitrogens is 2. The number of nitrogens with zero attached hydrogens (tertiary/aromatic N) is 2. The summed E-state index contributed by atoms with van der Waals surface area (Å²) in [5.41, 5.74) is -0.588. The quantitative estimate of drug-likeness (QED) is 0.833. The molecular weight excluding hydrogens is 262 g/mol. The van der Waals surface area contributed by atoms with Gasteiger partial charge in [-0.1, -0.05) is 30.9 Å². The zero-order valence-electron chi connectivity index (χ0n) is 11.0. The summed E-state index contributed by atoms with van der Waals surface area (Å²) in [4.78, 5) is 8.75. The summed E-state index contributed by atoms with van der Waals surface area (Å²) in [5.74, 6) is 2.06. The Balaban J connectivity index is 1.65. The first-order valence-corrected chi connectivity index (χ1v) is 7.53. The summed E-state index contributed by atoms with van der Waals surface area (Å²) < 4.78 is 0. The number of nitrogens with one attached hydrogen (secondary N) is 1. The summed E-state index contributed by atoms with van der Waals surface area (Å²) in [6.07, 6.45) is 7.50. The first-order valence-electron chi connectivity index (χ1n) is 7.15. The number of rotatable bonds is 4. The largest absolute Gasteiger partial charge is 0.388 e. The van der Waals surface area contributed by atoms with Gasteiger partial charge in [0.1, 0.15) is 16.8 Å². The molecule has 0 radical (unpaired) electrons. The third-order valence-corrected chi connectivity index (χ3v) is 4.23. The molecule has 5 heteroatoms. The third-order valence-electron chi connectivity index (χ3n) is 4.04. The summed E-state index contributed by atoms with van der Waals surface area (Å²) in [7, 11) is 0. The molecule has 0 saturated heterocycles. The molecule has 0 bridgehead atoms. The van der Waals surface area contributed by atoms with Crippen molar-refractivity contribution in [2.24, 2.45) is 0 Å². The van der Waals surface area contributed by atoms with Crippen LogP contribution in [0.4, 0.5) is 5.82 Å². The van der Waals surface area contributed by atoms with Gasteiger partial charge in [0.2, 0.25) is 0 Å². The molecule has 104 valence electrons. The predicted octanol–water partition coefficient (Wildman–Crippen LogP) is 3.11. The fraction of sp³-hybridized carbons (Fsp3) is 0.714. The van der Waals surface area contributed by atoms with Crippen molar-refractivity contribution in [2.45, 2.75) is 56.5 Å². The molecule has 19 heavy (non-hydrogen) atoms. The lowest BCUT2D eigenvalue weighted by Gasteiger charge is -2.32. The number of hydrogen-bond acceptors (Lipinski definition) is 4. The highest BCUT2D eigenvalue weighted by Crippen LogP contribution is 2.38. The fourth-order valence-electron chi connectivity index (χ4n) is 2.69. The lowest BCUT2D eigenvalue weighted by molar-refractivity contribution is 0.0166. The molecule has 0 atom stereocenters. The van der Waals surface area contributed by atoms with Crippen molar-refractivity contribution in [3.8, 4) is 0 Å². The van der Waals surface area contributed by atoms with Crippen molar-refractivity contribution in [1.82, 2.24) is 9.97 Å². The number of halogens is 1. The van der Waals surface area contributed by atoms with Gasteiger partial charge in [-0.15, -0.1) is 0 Å². The van der Waals surface area contributed by atoms with E-state index in [1.54, 1.807) is 6.07 Å². The van der Waals surface area contributed by atoms with E-state index in [0.29, 0.717) is 17.6 Å². The summed E-state index contributed by atoms with van der Waals surface area (Å²) >= 11 is 6.02. The fourth-order valence-corrected chi connectivity index (χ4v) is 2.88. The Labute approximate surface area is 118 Å². The van der Waals surface area contributed by atoms with Crippen LogP contribution >= 0.6 is 11.6 Å². The van der Waals surface area contributed by atoms with Crippen molar-refractivity contribution in [1.29, 1.82) is 0 Å². The summed E-state index contributed by atoms with van der Waals surface area (Å²) in [6.45, 7) is 0.546. The van der Waals surface area contributed by atoms with E-state index in [-0.39, 0.29) is 0 Å². The zero-order valence-corrected chi connectivity index (χ0v) is 11.8. The van der Waals surface area contributed by atoms with Gasteiger partial charge in [0.15, 0.2) is 0 Å². The number of hydrogen-bond donors (Lipinski definition) is 2. The minimum absolute atomic E-state index is 0.482. The molecule has 2 fully saturated rings. The molecule has 0 amide bonds. The Morgan fingerprint density at radius 3 is 2.68 bits per heavy atom. The van der Waals surface area contributed by atoms with Crippen LogP contribution < -0.4 is 5.32 Å². The second-order valence-electron chi connectivity index (χ2n) is 5.85. The molecule has 3 rings (SSSR count). The zero-order chi connectivity index (χ0) is 13.3. The minimum atomic E-state index is -0.588. The van der Waals surface area contributed by atoms with Crippen LogP contribution in [0.2, 0.25) is 5.15 Å². The Bertz CT molecular complexity index is 456. The SMILES string of the molecule is OC1(CNc2cc(Cl)nc(C3CC3)n2)CCCCC1. The van der Waals surface area contributed by atoms with Crippen molar-refractivity contribution >= 4 is 17.4 Å². The van der Waals surface area contributed by atoms with Crippen LogP contribution in [-0.2, 0) is 0 Å². The lowest BCUT2D eigenvalue weighted by Crippen LogP contribution is -2.39. The first-order chi connectivity index (χ1) is 9.15. The highest BCUT2D eigenvalue weighted by Gasteiger charge is 2.30. The molecule has 2 aliphatic rings. The molecule has 2 saturated carbocycles. The van der Waals surface area contributed by atoms with E-state index in [1.165, 1.54) is 6.42 Å². The van der Waals surface area contributed by atoms with Crippen LogP contribution in [0.25, 0.3) is 0 Å². The van der Waals surface area contributed by atoms with E-state index in [0.717, 1.165) is 50.2 Å². The van der Waals surface area contributed by atoms with Crippen molar-refractivity contribution < 1.29 is 5.11 Å². The molecule has 0 spiro atoms. The van der Waals surface area contributed by atoms with Crippen molar-refractivity contribution in [2.75, 3.05) is 11.9 Å². The van der Waals surface area contributed by atoms with Gasteiger partial charge in [0.25, 0.3) is 0 Å². The van der Waals surface area contributed by atoms with E-state index >= 15 is 0 Å². The molecule has 1 aromatic heterocycles. The molecule has 0 aliphatic heterocycles. The predicted molar refractivity (Wildman–Crippen MR) is 75.5 cm³/mol. The normalized spacial score (nSPS) is 22.2. The molecule has 2 aliphatic carbocycles. The van der Waals surface area contributed by atoms with E-state index in [4.69, 9.17) is 11.6 Å². The number of anilines is 1. The lowest BCUT2D eigenvalue weighted by atomic mass is 9.85. The van der Waals surface area contributed by atoms with Gasteiger partial charge in [-0.3, -0.25) is 0 Å². The monoisotopic (exact) mass is 281 g/mol. The summed E-state index contributed by atoms with van der Waals surface area (Å²) in [5, 5.41) is 14.2. The van der Waals surface area contributed by atoms with Crippen LogP contribution in [0.5, 0.6) is 0 Å². The minimum Gasteiger partial charge on any atom is -0.388 e. The number of aliphatic hydroxyl groups is 1. The topological polar surface area (TPSA) is 58.0 Å². The van der Waals surface area contributed by atoms with E-state index < -0.39 is 5.60 Å². The standard InChI is InChI=1S/C14H20ClN3O/c15-11-8-12(18-13(17-11)10-4-5-10)16-9-14(19)6-2-1-3-7-14/h8,10,19H,1-7,9H2,(H,16,17,18). The van der Waals surface area contributed by atoms with Crippen LogP contribution in [-0.4, -0.2) is 27.2 Å². The van der Waals surface area contributed by atoms with Gasteiger partial charge in [-0.2, -0.15) is 0 Å². The smallest absolute Gasteiger partial charge is 0.135 e. The second-order valence-corrected chi connectivity index (χ2v) is 6.23. The Hall–Kier alpha value is -0.870. The van der Waals surface area contributed by atoms with Gasteiger partial charge >= 0.3 is 0 Å². The highest BCUT2D eigenvalue weighted by atomic mass is 35.5. The average Bonchev–Trinajstić information content (AvgIpc) is 3.21. The average molecular weight is 282 g/mol. The maximum absolute atomic E-state index is 10.5. The van der Waals surface area contributed by atoms with Gasteiger partial charge in [-0.25, -0.2) is 9.97 Å². The van der Waals surface area contributed by atoms with Crippen molar-refractivity contribution in [3.05, 3.63) is 17.0 Å². The molecule has 0 aromatic carbocycles. The summed E-state index contributed by atoms with van der Waals surface area (Å²) in [6, 6.07) is 1.74. The van der Waals surface area contributed by atoms with E-state index in [9.17, 15) is 5.11 Å². The van der Waals surface area contributed by atoms with Gasteiger partial charge < -0.3 is 10.4 Å². The molecule has 1 heterocycles. The molecule has 2 N–H and O–H groups in total. The Morgan fingerprint density at radius 1 is 1.26 bits per heavy atom. The molecule has 1 aromatic rings. The van der Waals surface area contributed by atoms with Crippen LogP contribution in [0.1, 0.15) is 56.7 Å². The Morgan fingerprint density at radius 2 is 2.00 bits per heavy atom. The molecule has 0 unspecified atom stereocenters. The third kappa shape index (κ3) is 3.37. The van der Waals surface area contributed by atoms with Crippen LogP contribution in [0, 0.1) is 0 Å². The van der Waals surface area contributed by atoms with E-state index in [1.807, 2.05) is 0 Å². The molecule has 4 nitrogen and oxygen atoms in total. The van der Waals surface area contributed by atoms with Gasteiger partial charge in [0, 0.05) is 18.5 Å². The second kappa shape index (κ2) is 5.25.